The van der Waals surface area contributed by atoms with Crippen LogP contribution >= 0.6 is 0 Å². The fraction of sp³-hybridized carbons (Fsp3) is 0.600. The van der Waals surface area contributed by atoms with Crippen molar-refractivity contribution >= 4 is 17.7 Å². The first kappa shape index (κ1) is 23.0. The molecule has 2 aromatic heterocycles. The second-order valence-corrected chi connectivity index (χ2v) is 10.2. The third kappa shape index (κ3) is 4.46. The van der Waals surface area contributed by atoms with Crippen molar-refractivity contribution in [2.45, 2.75) is 56.7 Å². The van der Waals surface area contributed by atoms with Crippen LogP contribution in [0.4, 0.5) is 5.82 Å². The highest BCUT2D eigenvalue weighted by Crippen LogP contribution is 2.42. The number of anilines is 1. The van der Waals surface area contributed by atoms with Crippen molar-refractivity contribution < 1.29 is 28.3 Å². The van der Waals surface area contributed by atoms with E-state index in [0.29, 0.717) is 29.0 Å². The molecule has 1 saturated carbocycles. The summed E-state index contributed by atoms with van der Waals surface area (Å²) < 4.78 is 11.9. The van der Waals surface area contributed by atoms with Crippen molar-refractivity contribution in [1.82, 2.24) is 9.97 Å². The van der Waals surface area contributed by atoms with Crippen LogP contribution in [0.1, 0.15) is 50.5 Å². The van der Waals surface area contributed by atoms with Crippen molar-refractivity contribution in [1.29, 1.82) is 0 Å². The number of ether oxygens (including phenoxy) is 1. The molecule has 1 amide bonds. The van der Waals surface area contributed by atoms with Gasteiger partial charge in [-0.05, 0) is 25.0 Å². The number of quaternary nitrogens is 1. The first-order valence-electron chi connectivity index (χ1n) is 12.4. The lowest BCUT2D eigenvalue weighted by atomic mass is 9.74. The van der Waals surface area contributed by atoms with Crippen LogP contribution in [-0.4, -0.2) is 63.7 Å². The Bertz CT molecular complexity index is 984. The predicted octanol–water partition coefficient (Wildman–Crippen LogP) is 2.63. The monoisotopic (exact) mass is 469 g/mol. The molecule has 1 unspecified atom stereocenters. The number of esters is 1. The largest absolute Gasteiger partial charge is 0.472 e. The first-order chi connectivity index (χ1) is 16.5. The summed E-state index contributed by atoms with van der Waals surface area (Å²) in [4.78, 5) is 34.3. The van der Waals surface area contributed by atoms with E-state index < -0.39 is 11.6 Å². The molecule has 4 fully saturated rings. The lowest BCUT2D eigenvalue weighted by Crippen LogP contribution is -2.66. The number of nitrogens with one attached hydrogen (secondary N) is 1. The SMILES string of the molecule is O=C(C[N+]12CCC(CC1)[C@@H](OC(=O)C(O)(c1ccoc1)C1CCCCC1)C2)Nc1ccncn1. The van der Waals surface area contributed by atoms with Crippen LogP contribution in [0.5, 0.6) is 0 Å². The molecule has 9 heteroatoms. The highest BCUT2D eigenvalue weighted by molar-refractivity contribution is 5.90. The van der Waals surface area contributed by atoms with Gasteiger partial charge in [-0.3, -0.25) is 4.79 Å². The molecule has 4 aliphatic rings. The molecule has 34 heavy (non-hydrogen) atoms. The lowest BCUT2D eigenvalue weighted by Gasteiger charge is -2.52. The van der Waals surface area contributed by atoms with Crippen LogP contribution in [0, 0.1) is 11.8 Å². The molecular weight excluding hydrogens is 436 g/mol. The minimum Gasteiger partial charge on any atom is -0.472 e. The van der Waals surface area contributed by atoms with E-state index in [1.54, 1.807) is 18.3 Å². The van der Waals surface area contributed by atoms with E-state index in [1.165, 1.54) is 18.9 Å². The fourth-order valence-electron chi connectivity index (χ4n) is 6.18. The summed E-state index contributed by atoms with van der Waals surface area (Å²) in [5.41, 5.74) is -1.23. The molecule has 3 aliphatic heterocycles. The molecule has 6 rings (SSSR count). The summed E-state index contributed by atoms with van der Waals surface area (Å²) in [5.74, 6) is -0.141. The molecule has 1 aliphatic carbocycles. The van der Waals surface area contributed by atoms with Gasteiger partial charge in [0.15, 0.2) is 18.2 Å². The van der Waals surface area contributed by atoms with Crippen LogP contribution in [0.2, 0.25) is 0 Å². The second kappa shape index (κ2) is 9.46. The number of rotatable bonds is 7. The molecule has 3 saturated heterocycles. The van der Waals surface area contributed by atoms with Gasteiger partial charge in [-0.25, -0.2) is 14.8 Å². The molecule has 182 valence electrons. The zero-order valence-corrected chi connectivity index (χ0v) is 19.4. The van der Waals surface area contributed by atoms with Gasteiger partial charge in [-0.15, -0.1) is 0 Å². The van der Waals surface area contributed by atoms with Crippen LogP contribution in [0.25, 0.3) is 0 Å². The maximum atomic E-state index is 13.6. The number of piperidine rings is 3. The lowest BCUT2D eigenvalue weighted by molar-refractivity contribution is -0.939. The molecule has 5 heterocycles. The number of furan rings is 1. The van der Waals surface area contributed by atoms with E-state index in [-0.39, 0.29) is 23.8 Å². The number of hydrogen-bond acceptors (Lipinski definition) is 7. The quantitative estimate of drug-likeness (QED) is 0.473. The molecule has 2 bridgehead atoms. The number of carbonyl (C=O) groups excluding carboxylic acids is 2. The van der Waals surface area contributed by atoms with Gasteiger partial charge in [-0.1, -0.05) is 19.3 Å². The van der Waals surface area contributed by atoms with E-state index in [9.17, 15) is 14.7 Å². The Morgan fingerprint density at radius 2 is 1.97 bits per heavy atom. The standard InChI is InChI=1S/C25H32N4O5/c30-23(28-22-6-10-26-17-27-22)15-29-11-7-18(8-12-29)21(14-29)34-24(31)25(32,20-9-13-33-16-20)19-4-2-1-3-5-19/h6,9-10,13,16-19,21,32H,1-5,7-8,11-12,14-15H2/p+1/t18?,21-,25?,29?/m0/s1. The van der Waals surface area contributed by atoms with E-state index in [4.69, 9.17) is 9.15 Å². The van der Waals surface area contributed by atoms with Gasteiger partial charge in [-0.2, -0.15) is 0 Å². The molecule has 0 radical (unpaired) electrons. The smallest absolute Gasteiger partial charge is 0.343 e. The zero-order valence-electron chi connectivity index (χ0n) is 19.4. The fourth-order valence-corrected chi connectivity index (χ4v) is 6.18. The van der Waals surface area contributed by atoms with Crippen molar-refractivity contribution in [3.05, 3.63) is 42.7 Å². The average Bonchev–Trinajstić information content (AvgIpc) is 3.40. The third-order valence-electron chi connectivity index (χ3n) is 8.10. The van der Waals surface area contributed by atoms with Gasteiger partial charge in [0.25, 0.3) is 5.91 Å². The van der Waals surface area contributed by atoms with Crippen LogP contribution in [0.3, 0.4) is 0 Å². The van der Waals surface area contributed by atoms with Gasteiger partial charge < -0.3 is 24.1 Å². The maximum Gasteiger partial charge on any atom is 0.343 e. The number of hydrogen-bond donors (Lipinski definition) is 2. The van der Waals surface area contributed by atoms with E-state index in [2.05, 4.69) is 15.3 Å². The van der Waals surface area contributed by atoms with Crippen molar-refractivity contribution in [3.8, 4) is 0 Å². The summed E-state index contributed by atoms with van der Waals surface area (Å²) in [6, 6.07) is 3.32. The van der Waals surface area contributed by atoms with Crippen molar-refractivity contribution in [3.63, 3.8) is 0 Å². The number of aromatic nitrogens is 2. The Hall–Kier alpha value is -2.78. The summed E-state index contributed by atoms with van der Waals surface area (Å²) in [5, 5.41) is 14.6. The number of nitrogens with zero attached hydrogens (tertiary/aromatic N) is 3. The minimum atomic E-state index is -1.70. The van der Waals surface area contributed by atoms with Crippen molar-refractivity contribution in [2.24, 2.45) is 11.8 Å². The van der Waals surface area contributed by atoms with Crippen LogP contribution in [-0.2, 0) is 19.9 Å². The van der Waals surface area contributed by atoms with Crippen LogP contribution < -0.4 is 5.32 Å². The molecule has 0 spiro atoms. The van der Waals surface area contributed by atoms with Crippen LogP contribution in [0.15, 0.2) is 41.6 Å². The molecule has 2 atom stereocenters. The highest BCUT2D eigenvalue weighted by Gasteiger charge is 2.53. The van der Waals surface area contributed by atoms with Gasteiger partial charge in [0.1, 0.15) is 18.7 Å². The zero-order chi connectivity index (χ0) is 23.6. The molecular formula is C25H33N4O5+. The van der Waals surface area contributed by atoms with Gasteiger partial charge in [0.05, 0.1) is 25.6 Å². The Morgan fingerprint density at radius 3 is 2.65 bits per heavy atom. The third-order valence-corrected chi connectivity index (χ3v) is 8.10. The minimum absolute atomic E-state index is 0.110. The highest BCUT2D eigenvalue weighted by atomic mass is 16.6. The van der Waals surface area contributed by atoms with E-state index >= 15 is 0 Å². The second-order valence-electron chi connectivity index (χ2n) is 10.2. The Morgan fingerprint density at radius 1 is 1.18 bits per heavy atom. The number of aliphatic hydroxyl groups is 1. The molecule has 2 aromatic rings. The molecule has 9 nitrogen and oxygen atoms in total. The summed E-state index contributed by atoms with van der Waals surface area (Å²) >= 11 is 0. The average molecular weight is 470 g/mol. The normalized spacial score (nSPS) is 28.7. The number of carbonyl (C=O) groups is 2. The van der Waals surface area contributed by atoms with Crippen molar-refractivity contribution in [2.75, 3.05) is 31.5 Å². The summed E-state index contributed by atoms with van der Waals surface area (Å²) in [6.07, 6.45) is 12.1. The molecule has 0 aromatic carbocycles. The topological polar surface area (TPSA) is 115 Å². The Labute approximate surface area is 199 Å². The van der Waals surface area contributed by atoms with Gasteiger partial charge >= 0.3 is 5.97 Å². The predicted molar refractivity (Wildman–Crippen MR) is 122 cm³/mol. The van der Waals surface area contributed by atoms with E-state index in [1.807, 2.05) is 0 Å². The summed E-state index contributed by atoms with van der Waals surface area (Å²) in [6.45, 7) is 2.65. The maximum absolute atomic E-state index is 13.6. The number of fused-ring (bicyclic) bond motifs is 3. The van der Waals surface area contributed by atoms with Gasteiger partial charge in [0, 0.05) is 36.4 Å². The number of amides is 1. The van der Waals surface area contributed by atoms with Gasteiger partial charge in [0.2, 0.25) is 0 Å². The molecule has 2 N–H and O–H groups in total. The first-order valence-corrected chi connectivity index (χ1v) is 12.4. The summed E-state index contributed by atoms with van der Waals surface area (Å²) in [7, 11) is 0. The Kier molecular flexibility index (Phi) is 6.40. The Balaban J connectivity index is 1.29. The van der Waals surface area contributed by atoms with E-state index in [0.717, 1.165) is 58.0 Å².